The summed E-state index contributed by atoms with van der Waals surface area (Å²) in [7, 11) is 3.51. The lowest BCUT2D eigenvalue weighted by Crippen LogP contribution is -2.25. The second-order valence-electron chi connectivity index (χ2n) is 3.67. The van der Waals surface area contributed by atoms with Crippen LogP contribution in [0.5, 0.6) is 0 Å². The van der Waals surface area contributed by atoms with Crippen molar-refractivity contribution in [2.75, 3.05) is 7.05 Å². The number of carbonyl (C=O) groups is 1. The lowest BCUT2D eigenvalue weighted by Gasteiger charge is -2.16. The van der Waals surface area contributed by atoms with Crippen LogP contribution in [0, 0.1) is 12.3 Å². The molecule has 0 saturated carbocycles. The number of aryl methyl sites for hydroxylation is 1. The van der Waals surface area contributed by atoms with Crippen molar-refractivity contribution < 1.29 is 4.79 Å². The van der Waals surface area contributed by atoms with Gasteiger partial charge in [-0.15, -0.1) is 0 Å². The molecule has 1 fully saturated rings. The van der Waals surface area contributed by atoms with E-state index in [-0.39, 0.29) is 17.9 Å². The van der Waals surface area contributed by atoms with Gasteiger partial charge in [0.25, 0.3) is 0 Å². The number of hydrogen-bond acceptors (Lipinski definition) is 3. The molecule has 1 aliphatic rings. The van der Waals surface area contributed by atoms with Gasteiger partial charge in [0.1, 0.15) is 11.9 Å². The number of rotatable bonds is 1. The Morgan fingerprint density at radius 3 is 2.60 bits per heavy atom. The third-order valence-corrected chi connectivity index (χ3v) is 2.79. The fourth-order valence-corrected chi connectivity index (χ4v) is 1.73. The van der Waals surface area contributed by atoms with E-state index in [2.05, 4.69) is 10.4 Å². The molecule has 6 nitrogen and oxygen atoms in total. The molecule has 1 unspecified atom stereocenters. The fourth-order valence-electron chi connectivity index (χ4n) is 1.73. The van der Waals surface area contributed by atoms with Crippen molar-refractivity contribution in [3.8, 4) is 0 Å². The van der Waals surface area contributed by atoms with Crippen LogP contribution in [0.1, 0.15) is 17.3 Å². The quantitative estimate of drug-likeness (QED) is 0.699. The molecule has 2 amide bonds. The number of likely N-dealkylation sites (N-methyl/N-ethyl adjacent to an activating group) is 1. The van der Waals surface area contributed by atoms with E-state index in [1.807, 2.05) is 14.0 Å². The van der Waals surface area contributed by atoms with Crippen LogP contribution in [-0.4, -0.2) is 33.6 Å². The Hall–Kier alpha value is -1.85. The molecule has 0 aliphatic carbocycles. The Balaban J connectivity index is 2.43. The number of amidine groups is 1. The zero-order chi connectivity index (χ0) is 11.2. The van der Waals surface area contributed by atoms with E-state index in [0.717, 1.165) is 11.3 Å². The Morgan fingerprint density at radius 2 is 2.20 bits per heavy atom. The van der Waals surface area contributed by atoms with Crippen molar-refractivity contribution in [2.24, 2.45) is 7.05 Å². The van der Waals surface area contributed by atoms with Gasteiger partial charge in [0.15, 0.2) is 0 Å². The zero-order valence-electron chi connectivity index (χ0n) is 8.90. The van der Waals surface area contributed by atoms with E-state index < -0.39 is 0 Å². The van der Waals surface area contributed by atoms with Gasteiger partial charge < -0.3 is 4.90 Å². The van der Waals surface area contributed by atoms with Crippen LogP contribution in [0.25, 0.3) is 0 Å². The highest BCUT2D eigenvalue weighted by Crippen LogP contribution is 2.26. The molecule has 6 heteroatoms. The number of aromatic nitrogens is 2. The molecule has 2 rings (SSSR count). The highest BCUT2D eigenvalue weighted by molar-refractivity contribution is 6.05. The van der Waals surface area contributed by atoms with Crippen molar-refractivity contribution in [3.63, 3.8) is 0 Å². The number of nitrogens with zero attached hydrogens (tertiary/aromatic N) is 3. The maximum Gasteiger partial charge on any atom is 0.323 e. The SMILES string of the molecule is Cc1c(C2C(=N)NC(=O)N2C)cnn1C. The minimum atomic E-state index is -0.328. The normalized spacial score (nSPS) is 21.0. The average Bonchev–Trinajstić information content (AvgIpc) is 2.60. The average molecular weight is 207 g/mol. The van der Waals surface area contributed by atoms with Gasteiger partial charge >= 0.3 is 6.03 Å². The molecule has 1 saturated heterocycles. The first kappa shape index (κ1) is 9.70. The Kier molecular flexibility index (Phi) is 1.99. The van der Waals surface area contributed by atoms with E-state index in [0.29, 0.717) is 0 Å². The summed E-state index contributed by atoms with van der Waals surface area (Å²) in [6, 6.07) is -0.570. The van der Waals surface area contributed by atoms with E-state index in [4.69, 9.17) is 5.41 Å². The van der Waals surface area contributed by atoms with Gasteiger partial charge in [-0.2, -0.15) is 5.10 Å². The number of carbonyl (C=O) groups excluding carboxylic acids is 1. The summed E-state index contributed by atoms with van der Waals surface area (Å²) < 4.78 is 1.74. The lowest BCUT2D eigenvalue weighted by atomic mass is 10.1. The molecule has 0 bridgehead atoms. The van der Waals surface area contributed by atoms with Gasteiger partial charge in [0.2, 0.25) is 0 Å². The maximum atomic E-state index is 11.3. The van der Waals surface area contributed by atoms with Crippen LogP contribution in [-0.2, 0) is 7.05 Å². The number of amides is 2. The Bertz CT molecular complexity index is 436. The number of urea groups is 1. The van der Waals surface area contributed by atoms with Crippen molar-refractivity contribution in [1.29, 1.82) is 5.41 Å². The Labute approximate surface area is 87.4 Å². The summed E-state index contributed by atoms with van der Waals surface area (Å²) in [5, 5.41) is 14.3. The van der Waals surface area contributed by atoms with Crippen LogP contribution in [0.15, 0.2) is 6.20 Å². The summed E-state index contributed by atoms with van der Waals surface area (Å²) in [5.74, 6) is 0.207. The zero-order valence-corrected chi connectivity index (χ0v) is 8.90. The molecule has 1 aromatic rings. The van der Waals surface area contributed by atoms with Gasteiger partial charge in [0.05, 0.1) is 6.20 Å². The predicted octanol–water partition coefficient (Wildman–Crippen LogP) is 0.402. The van der Waals surface area contributed by atoms with Crippen molar-refractivity contribution >= 4 is 11.9 Å². The molecular weight excluding hydrogens is 194 g/mol. The smallest absolute Gasteiger partial charge is 0.313 e. The predicted molar refractivity (Wildman–Crippen MR) is 54.7 cm³/mol. The summed E-state index contributed by atoms with van der Waals surface area (Å²) in [6.45, 7) is 1.92. The van der Waals surface area contributed by atoms with E-state index in [1.54, 1.807) is 17.9 Å². The van der Waals surface area contributed by atoms with Gasteiger partial charge in [-0.05, 0) is 6.92 Å². The van der Waals surface area contributed by atoms with Crippen molar-refractivity contribution in [1.82, 2.24) is 20.0 Å². The van der Waals surface area contributed by atoms with Gasteiger partial charge in [-0.1, -0.05) is 0 Å². The topological polar surface area (TPSA) is 74.0 Å². The minimum absolute atomic E-state index is 0.207. The number of hydrogen-bond donors (Lipinski definition) is 2. The second-order valence-corrected chi connectivity index (χ2v) is 3.67. The number of nitrogens with one attached hydrogen (secondary N) is 2. The summed E-state index contributed by atoms with van der Waals surface area (Å²) >= 11 is 0. The van der Waals surface area contributed by atoms with Crippen LogP contribution < -0.4 is 5.32 Å². The molecule has 1 atom stereocenters. The van der Waals surface area contributed by atoms with Crippen LogP contribution >= 0.6 is 0 Å². The Morgan fingerprint density at radius 1 is 1.53 bits per heavy atom. The maximum absolute atomic E-state index is 11.3. The molecule has 0 aromatic carbocycles. The van der Waals surface area contributed by atoms with Crippen molar-refractivity contribution in [2.45, 2.75) is 13.0 Å². The first-order chi connectivity index (χ1) is 7.02. The fraction of sp³-hybridized carbons (Fsp3) is 0.444. The summed E-state index contributed by atoms with van der Waals surface area (Å²) in [4.78, 5) is 12.8. The van der Waals surface area contributed by atoms with E-state index in [9.17, 15) is 4.79 Å². The molecule has 2 N–H and O–H groups in total. The van der Waals surface area contributed by atoms with Crippen LogP contribution in [0.2, 0.25) is 0 Å². The van der Waals surface area contributed by atoms with Crippen molar-refractivity contribution in [3.05, 3.63) is 17.5 Å². The second kappa shape index (κ2) is 3.08. The van der Waals surface area contributed by atoms with Crippen LogP contribution in [0.4, 0.5) is 4.79 Å². The molecule has 0 radical (unpaired) electrons. The van der Waals surface area contributed by atoms with Gasteiger partial charge in [-0.3, -0.25) is 15.4 Å². The highest BCUT2D eigenvalue weighted by atomic mass is 16.2. The molecule has 15 heavy (non-hydrogen) atoms. The molecule has 1 aromatic heterocycles. The molecule has 2 heterocycles. The van der Waals surface area contributed by atoms with E-state index in [1.165, 1.54) is 4.90 Å². The minimum Gasteiger partial charge on any atom is -0.313 e. The third-order valence-electron chi connectivity index (χ3n) is 2.79. The largest absolute Gasteiger partial charge is 0.323 e. The van der Waals surface area contributed by atoms with Gasteiger partial charge in [-0.25, -0.2) is 4.79 Å². The van der Waals surface area contributed by atoms with Crippen LogP contribution in [0.3, 0.4) is 0 Å². The standard InChI is InChI=1S/C9H13N5O/c1-5-6(4-11-14(5)3)7-8(10)12-9(15)13(7)2/h4,7H,1-3H3,(H2,10,12,15). The monoisotopic (exact) mass is 207 g/mol. The molecule has 1 aliphatic heterocycles. The highest BCUT2D eigenvalue weighted by Gasteiger charge is 2.35. The third kappa shape index (κ3) is 1.29. The summed E-state index contributed by atoms with van der Waals surface area (Å²) in [5.41, 5.74) is 1.86. The molecule has 80 valence electrons. The first-order valence-corrected chi connectivity index (χ1v) is 4.63. The molecule has 0 spiro atoms. The first-order valence-electron chi connectivity index (χ1n) is 4.63. The van der Waals surface area contributed by atoms with Gasteiger partial charge in [0, 0.05) is 25.4 Å². The lowest BCUT2D eigenvalue weighted by molar-refractivity contribution is 0.217. The van der Waals surface area contributed by atoms with E-state index >= 15 is 0 Å². The molecular formula is C9H13N5O. The summed E-state index contributed by atoms with van der Waals surface area (Å²) in [6.07, 6.45) is 1.70.